The first-order valence-electron chi connectivity index (χ1n) is 16.9. The lowest BCUT2D eigenvalue weighted by Gasteiger charge is -2.23. The van der Waals surface area contributed by atoms with Crippen molar-refractivity contribution >= 4 is 0 Å². The van der Waals surface area contributed by atoms with Gasteiger partial charge in [-0.15, -0.1) is 0 Å². The van der Waals surface area contributed by atoms with E-state index in [1.165, 1.54) is 173 Å². The molecule has 4 fully saturated rings. The van der Waals surface area contributed by atoms with Crippen LogP contribution in [0, 0.1) is 10.8 Å². The van der Waals surface area contributed by atoms with Gasteiger partial charge in [0.1, 0.15) is 0 Å². The van der Waals surface area contributed by atoms with Crippen LogP contribution in [0.3, 0.4) is 0 Å². The van der Waals surface area contributed by atoms with Crippen LogP contribution in [0.1, 0.15) is 180 Å². The molecule has 0 aromatic rings. The van der Waals surface area contributed by atoms with Crippen LogP contribution >= 0.6 is 0 Å². The molecule has 204 valence electrons. The molecule has 1 atom stereocenters. The molecule has 0 nitrogen and oxygen atoms in total. The molecule has 0 bridgehead atoms. The highest BCUT2D eigenvalue weighted by Crippen LogP contribution is 2.77. The van der Waals surface area contributed by atoms with Crippen molar-refractivity contribution in [3.63, 3.8) is 0 Å². The molecule has 36 heavy (non-hydrogen) atoms. The van der Waals surface area contributed by atoms with Gasteiger partial charge < -0.3 is 0 Å². The summed E-state index contributed by atoms with van der Waals surface area (Å²) in [5.41, 5.74) is 6.46. The zero-order chi connectivity index (χ0) is 24.9. The number of hydrogen-bond donors (Lipinski definition) is 0. The number of rotatable bonds is 2. The van der Waals surface area contributed by atoms with Gasteiger partial charge in [0.25, 0.3) is 0 Å². The third kappa shape index (κ3) is 7.20. The summed E-state index contributed by atoms with van der Waals surface area (Å²) < 4.78 is 0. The average molecular weight is 493 g/mol. The van der Waals surface area contributed by atoms with E-state index in [0.29, 0.717) is 5.41 Å². The van der Waals surface area contributed by atoms with Crippen molar-refractivity contribution in [2.75, 3.05) is 0 Å². The van der Waals surface area contributed by atoms with Gasteiger partial charge in [-0.25, -0.2) is 0 Å². The van der Waals surface area contributed by atoms with Crippen molar-refractivity contribution in [2.45, 2.75) is 180 Å². The SMILES string of the molecule is C/C=C/C1(C=C2CCCCCCCCC2)C(=C2CCCCCCCCC2)C12CCCCCCCCC2. The van der Waals surface area contributed by atoms with Gasteiger partial charge in [0, 0.05) is 10.8 Å². The quantitative estimate of drug-likeness (QED) is 0.336. The van der Waals surface area contributed by atoms with Gasteiger partial charge in [0.15, 0.2) is 0 Å². The summed E-state index contributed by atoms with van der Waals surface area (Å²) in [7, 11) is 0. The van der Waals surface area contributed by atoms with Gasteiger partial charge in [-0.05, 0) is 76.7 Å². The highest BCUT2D eigenvalue weighted by Gasteiger charge is 2.68. The molecule has 0 heteroatoms. The standard InChI is InChI=1S/C36H60/c1-2-28-36(31-32-24-18-12-6-3-7-13-19-25-32)34(33-26-20-14-8-4-9-15-21-27-33)35(36)29-22-16-10-5-11-17-23-30-35/h2,28,31H,3-27,29-30H2,1H3/b28-2+. The molecule has 0 amide bonds. The monoisotopic (exact) mass is 492 g/mol. The Balaban J connectivity index is 1.73. The lowest BCUT2D eigenvalue weighted by molar-refractivity contribution is 0.335. The van der Waals surface area contributed by atoms with Crippen LogP contribution in [0.15, 0.2) is 34.9 Å². The van der Waals surface area contributed by atoms with E-state index in [0.717, 1.165) is 0 Å². The van der Waals surface area contributed by atoms with Gasteiger partial charge in [0.2, 0.25) is 0 Å². The van der Waals surface area contributed by atoms with Crippen LogP contribution in [-0.2, 0) is 0 Å². The molecule has 4 aliphatic carbocycles. The fourth-order valence-corrected chi connectivity index (χ4v) is 8.59. The topological polar surface area (TPSA) is 0 Å². The zero-order valence-corrected chi connectivity index (χ0v) is 24.3. The van der Waals surface area contributed by atoms with E-state index in [1.54, 1.807) is 0 Å². The number of allylic oxidation sites excluding steroid dienone is 6. The summed E-state index contributed by atoms with van der Waals surface area (Å²) in [5, 5.41) is 0. The van der Waals surface area contributed by atoms with E-state index < -0.39 is 0 Å². The summed E-state index contributed by atoms with van der Waals surface area (Å²) in [6.07, 6.45) is 47.2. The van der Waals surface area contributed by atoms with E-state index in [4.69, 9.17) is 0 Å². The molecule has 0 aliphatic heterocycles. The lowest BCUT2D eigenvalue weighted by atomic mass is 9.80. The lowest BCUT2D eigenvalue weighted by Crippen LogP contribution is -2.13. The molecule has 0 heterocycles. The Morgan fingerprint density at radius 3 is 1.31 bits per heavy atom. The first-order chi connectivity index (χ1) is 17.8. The molecule has 0 aromatic heterocycles. The molecule has 1 spiro atoms. The largest absolute Gasteiger partial charge is 0.0904 e. The van der Waals surface area contributed by atoms with E-state index >= 15 is 0 Å². The van der Waals surface area contributed by atoms with E-state index in [2.05, 4.69) is 25.2 Å². The molecule has 0 radical (unpaired) electrons. The molecular formula is C36H60. The maximum atomic E-state index is 2.93. The summed E-state index contributed by atoms with van der Waals surface area (Å²) in [6.45, 7) is 2.31. The average Bonchev–Trinajstić information content (AvgIpc) is 3.44. The zero-order valence-electron chi connectivity index (χ0n) is 24.3. The molecule has 4 rings (SSSR count). The van der Waals surface area contributed by atoms with Crippen LogP contribution in [0.2, 0.25) is 0 Å². The van der Waals surface area contributed by atoms with Crippen LogP contribution < -0.4 is 0 Å². The second-order valence-electron chi connectivity index (χ2n) is 13.2. The summed E-state index contributed by atoms with van der Waals surface area (Å²) in [6, 6.07) is 0. The van der Waals surface area contributed by atoms with Crippen molar-refractivity contribution in [2.24, 2.45) is 10.8 Å². The first-order valence-corrected chi connectivity index (χ1v) is 16.9. The van der Waals surface area contributed by atoms with Gasteiger partial charge in [0.05, 0.1) is 0 Å². The molecule has 0 aromatic carbocycles. The van der Waals surface area contributed by atoms with E-state index in [9.17, 15) is 0 Å². The Labute approximate surface area is 225 Å². The Morgan fingerprint density at radius 1 is 0.472 bits per heavy atom. The Hall–Kier alpha value is -0.780. The van der Waals surface area contributed by atoms with Gasteiger partial charge in [-0.2, -0.15) is 0 Å². The highest BCUT2D eigenvalue weighted by atomic mass is 14.7. The molecule has 4 aliphatic rings. The Kier molecular flexibility index (Phi) is 11.7. The van der Waals surface area contributed by atoms with Crippen molar-refractivity contribution < 1.29 is 0 Å². The van der Waals surface area contributed by atoms with Crippen LogP contribution in [0.5, 0.6) is 0 Å². The van der Waals surface area contributed by atoms with E-state index in [1.807, 2.05) is 16.7 Å². The minimum absolute atomic E-state index is 0.264. The Bertz CT molecular complexity index is 699. The smallest absolute Gasteiger partial charge is 0.0376 e. The molecular weight excluding hydrogens is 432 g/mol. The van der Waals surface area contributed by atoms with Gasteiger partial charge in [-0.3, -0.25) is 0 Å². The first kappa shape index (κ1) is 28.2. The highest BCUT2D eigenvalue weighted by molar-refractivity contribution is 5.59. The minimum atomic E-state index is 0.264. The second-order valence-corrected chi connectivity index (χ2v) is 13.2. The second kappa shape index (κ2) is 15.0. The van der Waals surface area contributed by atoms with Crippen LogP contribution in [0.25, 0.3) is 0 Å². The molecule has 0 N–H and O–H groups in total. The third-order valence-corrected chi connectivity index (χ3v) is 10.5. The van der Waals surface area contributed by atoms with Crippen LogP contribution in [-0.4, -0.2) is 0 Å². The Morgan fingerprint density at radius 2 is 0.861 bits per heavy atom. The summed E-state index contributed by atoms with van der Waals surface area (Å²) in [5.74, 6) is 0. The fraction of sp³-hybridized carbons (Fsp3) is 0.833. The van der Waals surface area contributed by atoms with Crippen molar-refractivity contribution in [1.82, 2.24) is 0 Å². The maximum absolute atomic E-state index is 2.93. The van der Waals surface area contributed by atoms with E-state index in [-0.39, 0.29) is 5.41 Å². The van der Waals surface area contributed by atoms with Crippen molar-refractivity contribution in [3.05, 3.63) is 34.9 Å². The van der Waals surface area contributed by atoms with Gasteiger partial charge >= 0.3 is 0 Å². The summed E-state index contributed by atoms with van der Waals surface area (Å²) >= 11 is 0. The molecule has 0 saturated heterocycles. The number of hydrogen-bond acceptors (Lipinski definition) is 0. The third-order valence-electron chi connectivity index (χ3n) is 10.5. The predicted octanol–water partition coefficient (Wildman–Crippen LogP) is 12.3. The normalized spacial score (nSPS) is 30.2. The van der Waals surface area contributed by atoms with Crippen molar-refractivity contribution in [3.8, 4) is 0 Å². The fourth-order valence-electron chi connectivity index (χ4n) is 8.59. The molecule has 1 unspecified atom stereocenters. The summed E-state index contributed by atoms with van der Waals surface area (Å²) in [4.78, 5) is 0. The predicted molar refractivity (Wildman–Crippen MR) is 159 cm³/mol. The minimum Gasteiger partial charge on any atom is -0.0904 e. The van der Waals surface area contributed by atoms with Crippen molar-refractivity contribution in [1.29, 1.82) is 0 Å². The van der Waals surface area contributed by atoms with Gasteiger partial charge in [-0.1, -0.05) is 139 Å². The molecule has 4 saturated carbocycles. The van der Waals surface area contributed by atoms with Crippen LogP contribution in [0.4, 0.5) is 0 Å². The maximum Gasteiger partial charge on any atom is 0.0376 e.